The van der Waals surface area contributed by atoms with Crippen LogP contribution >= 0.6 is 11.6 Å². The summed E-state index contributed by atoms with van der Waals surface area (Å²) < 4.78 is 75.3. The molecule has 0 atom stereocenters. The molecule has 1 aromatic rings. The standard InChI is InChI=1S/C11H13ClF4N2O2S/c1-2-18(6-11(14,15)16)21(19,20)8-3-7(5-17)10(12)9(13)4-8/h3-4H,2,5-6,17H2,1H3. The fourth-order valence-corrected chi connectivity index (χ4v) is 3.32. The van der Waals surface area contributed by atoms with Gasteiger partial charge < -0.3 is 5.73 Å². The van der Waals surface area contributed by atoms with E-state index in [4.69, 9.17) is 17.3 Å². The second kappa shape index (κ2) is 6.47. The Bertz CT molecular complexity index is 619. The van der Waals surface area contributed by atoms with E-state index < -0.39 is 40.0 Å². The molecule has 1 rings (SSSR count). The van der Waals surface area contributed by atoms with Crippen LogP contribution in [0.25, 0.3) is 0 Å². The quantitative estimate of drug-likeness (QED) is 0.832. The van der Waals surface area contributed by atoms with Gasteiger partial charge in [0.1, 0.15) is 12.4 Å². The minimum Gasteiger partial charge on any atom is -0.326 e. The molecule has 4 nitrogen and oxygen atoms in total. The van der Waals surface area contributed by atoms with Gasteiger partial charge in [-0.1, -0.05) is 18.5 Å². The number of hydrogen-bond acceptors (Lipinski definition) is 3. The van der Waals surface area contributed by atoms with Crippen molar-refractivity contribution in [2.45, 2.75) is 24.5 Å². The van der Waals surface area contributed by atoms with Crippen LogP contribution in [0.1, 0.15) is 12.5 Å². The van der Waals surface area contributed by atoms with Crippen LogP contribution in [0.2, 0.25) is 5.02 Å². The number of nitrogens with zero attached hydrogens (tertiary/aromatic N) is 1. The summed E-state index contributed by atoms with van der Waals surface area (Å²) in [6.45, 7) is -1.07. The maximum atomic E-state index is 13.6. The number of sulfonamides is 1. The predicted octanol–water partition coefficient (Wildman–Crippen LogP) is 2.51. The van der Waals surface area contributed by atoms with Gasteiger partial charge in [-0.25, -0.2) is 12.8 Å². The molecule has 0 fully saturated rings. The first-order valence-electron chi connectivity index (χ1n) is 5.77. The largest absolute Gasteiger partial charge is 0.402 e. The number of halogens is 5. The summed E-state index contributed by atoms with van der Waals surface area (Å²) in [5.41, 5.74) is 5.30. The number of hydrogen-bond donors (Lipinski definition) is 1. The summed E-state index contributed by atoms with van der Waals surface area (Å²) in [6, 6.07) is 1.55. The van der Waals surface area contributed by atoms with Crippen molar-refractivity contribution in [1.29, 1.82) is 0 Å². The van der Waals surface area contributed by atoms with Crippen LogP contribution in [0.5, 0.6) is 0 Å². The van der Waals surface area contributed by atoms with Crippen molar-refractivity contribution in [3.05, 3.63) is 28.5 Å². The Morgan fingerprint density at radius 1 is 1.33 bits per heavy atom. The Hall–Kier alpha value is -0.900. The first-order valence-corrected chi connectivity index (χ1v) is 7.59. The van der Waals surface area contributed by atoms with Crippen molar-refractivity contribution in [2.24, 2.45) is 5.73 Å². The van der Waals surface area contributed by atoms with Gasteiger partial charge in [0.05, 0.1) is 9.92 Å². The molecular weight excluding hydrogens is 336 g/mol. The van der Waals surface area contributed by atoms with Gasteiger partial charge in [0, 0.05) is 13.1 Å². The molecule has 0 aromatic heterocycles. The Balaban J connectivity index is 3.32. The van der Waals surface area contributed by atoms with E-state index in [0.29, 0.717) is 6.07 Å². The topological polar surface area (TPSA) is 63.4 Å². The van der Waals surface area contributed by atoms with Crippen molar-refractivity contribution in [2.75, 3.05) is 13.1 Å². The maximum absolute atomic E-state index is 13.6. The van der Waals surface area contributed by atoms with Gasteiger partial charge in [-0.2, -0.15) is 17.5 Å². The predicted molar refractivity (Wildman–Crippen MR) is 69.8 cm³/mol. The highest BCUT2D eigenvalue weighted by molar-refractivity contribution is 7.89. The molecule has 0 saturated heterocycles. The first-order chi connectivity index (χ1) is 9.52. The van der Waals surface area contributed by atoms with Gasteiger partial charge in [0.2, 0.25) is 10.0 Å². The van der Waals surface area contributed by atoms with Crippen LogP contribution in [0, 0.1) is 5.82 Å². The number of alkyl halides is 3. The van der Waals surface area contributed by atoms with Gasteiger partial charge in [0.15, 0.2) is 0 Å². The summed E-state index contributed by atoms with van der Waals surface area (Å²) in [4.78, 5) is -0.615. The normalized spacial score (nSPS) is 13.0. The lowest BCUT2D eigenvalue weighted by atomic mass is 10.2. The van der Waals surface area contributed by atoms with Crippen molar-refractivity contribution in [1.82, 2.24) is 4.31 Å². The van der Waals surface area contributed by atoms with Crippen molar-refractivity contribution < 1.29 is 26.0 Å². The molecule has 2 N–H and O–H groups in total. The molecule has 0 spiro atoms. The molecule has 0 heterocycles. The van der Waals surface area contributed by atoms with E-state index in [-0.39, 0.29) is 21.4 Å². The highest BCUT2D eigenvalue weighted by Crippen LogP contribution is 2.27. The van der Waals surface area contributed by atoms with E-state index in [0.717, 1.165) is 6.07 Å². The van der Waals surface area contributed by atoms with E-state index in [1.165, 1.54) is 6.92 Å². The zero-order valence-electron chi connectivity index (χ0n) is 10.9. The number of rotatable bonds is 5. The van der Waals surface area contributed by atoms with E-state index >= 15 is 0 Å². The molecule has 0 aliphatic rings. The summed E-state index contributed by atoms with van der Waals surface area (Å²) in [7, 11) is -4.50. The van der Waals surface area contributed by atoms with Crippen LogP contribution in [-0.2, 0) is 16.6 Å². The third kappa shape index (κ3) is 4.29. The van der Waals surface area contributed by atoms with E-state index in [2.05, 4.69) is 0 Å². The summed E-state index contributed by atoms with van der Waals surface area (Å²) >= 11 is 5.59. The lowest BCUT2D eigenvalue weighted by Gasteiger charge is -2.22. The molecule has 0 amide bonds. The van der Waals surface area contributed by atoms with Gasteiger partial charge in [-0.3, -0.25) is 0 Å². The van der Waals surface area contributed by atoms with Gasteiger partial charge in [0.25, 0.3) is 0 Å². The lowest BCUT2D eigenvalue weighted by molar-refractivity contribution is -0.135. The Morgan fingerprint density at radius 2 is 1.90 bits per heavy atom. The third-order valence-corrected chi connectivity index (χ3v) is 4.96. The smallest absolute Gasteiger partial charge is 0.326 e. The summed E-state index contributed by atoms with van der Waals surface area (Å²) in [5.74, 6) is -1.05. The maximum Gasteiger partial charge on any atom is 0.402 e. The second-order valence-corrected chi connectivity index (χ2v) is 6.44. The van der Waals surface area contributed by atoms with Crippen molar-refractivity contribution >= 4 is 21.6 Å². The molecular formula is C11H13ClF4N2O2S. The molecule has 120 valence electrons. The van der Waals surface area contributed by atoms with Crippen molar-refractivity contribution in [3.63, 3.8) is 0 Å². The molecule has 0 radical (unpaired) electrons. The van der Waals surface area contributed by atoms with Crippen molar-refractivity contribution in [3.8, 4) is 0 Å². The minimum atomic E-state index is -4.70. The van der Waals surface area contributed by atoms with Gasteiger partial charge in [-0.15, -0.1) is 0 Å². The number of benzene rings is 1. The van der Waals surface area contributed by atoms with Gasteiger partial charge >= 0.3 is 6.18 Å². The summed E-state index contributed by atoms with van der Waals surface area (Å²) in [5, 5.41) is -0.352. The monoisotopic (exact) mass is 348 g/mol. The molecule has 0 saturated carbocycles. The molecule has 0 aliphatic carbocycles. The third-order valence-electron chi connectivity index (χ3n) is 2.64. The van der Waals surface area contributed by atoms with Crippen LogP contribution < -0.4 is 5.73 Å². The van der Waals surface area contributed by atoms with E-state index in [1.807, 2.05) is 0 Å². The van der Waals surface area contributed by atoms with Crippen LogP contribution in [0.3, 0.4) is 0 Å². The summed E-state index contributed by atoms with van der Waals surface area (Å²) in [6.07, 6.45) is -4.70. The molecule has 0 aliphatic heterocycles. The van der Waals surface area contributed by atoms with Gasteiger partial charge in [-0.05, 0) is 17.7 Å². The lowest BCUT2D eigenvalue weighted by Crippen LogP contribution is -2.38. The molecule has 0 unspecified atom stereocenters. The fourth-order valence-electron chi connectivity index (χ4n) is 1.63. The van der Waals surface area contributed by atoms with Crippen LogP contribution in [0.4, 0.5) is 17.6 Å². The van der Waals surface area contributed by atoms with E-state index in [1.54, 1.807) is 0 Å². The average molecular weight is 349 g/mol. The Labute approximate surface area is 124 Å². The fraction of sp³-hybridized carbons (Fsp3) is 0.455. The number of nitrogens with two attached hydrogens (primary N) is 1. The molecule has 0 bridgehead atoms. The molecule has 10 heteroatoms. The molecule has 1 aromatic carbocycles. The zero-order chi connectivity index (χ0) is 16.4. The molecule has 21 heavy (non-hydrogen) atoms. The second-order valence-electron chi connectivity index (χ2n) is 4.13. The minimum absolute atomic E-state index is 0.00157. The Morgan fingerprint density at radius 3 is 2.33 bits per heavy atom. The Kier molecular flexibility index (Phi) is 5.59. The highest BCUT2D eigenvalue weighted by atomic mass is 35.5. The SMILES string of the molecule is CCN(CC(F)(F)F)S(=O)(=O)c1cc(F)c(Cl)c(CN)c1. The van der Waals surface area contributed by atoms with Crippen LogP contribution in [0.15, 0.2) is 17.0 Å². The van der Waals surface area contributed by atoms with Crippen LogP contribution in [-0.4, -0.2) is 32.0 Å². The first kappa shape index (κ1) is 18.1. The van der Waals surface area contributed by atoms with E-state index in [9.17, 15) is 26.0 Å². The highest BCUT2D eigenvalue weighted by Gasteiger charge is 2.36. The zero-order valence-corrected chi connectivity index (χ0v) is 12.5. The average Bonchev–Trinajstić information content (AvgIpc) is 2.37.